The fraction of sp³-hybridized carbons (Fsp3) is 0.714. The van der Waals surface area contributed by atoms with Gasteiger partial charge in [0.2, 0.25) is 0 Å². The number of unbranched alkanes of at least 4 members (excludes halogenated alkanes) is 1. The highest BCUT2D eigenvalue weighted by Gasteiger charge is 2.10. The van der Waals surface area contributed by atoms with Gasteiger partial charge >= 0.3 is 0 Å². The van der Waals surface area contributed by atoms with E-state index < -0.39 is 0 Å². The number of nitrogens with one attached hydrogen (secondary N) is 1. The molecule has 0 bridgehead atoms. The lowest BCUT2D eigenvalue weighted by Crippen LogP contribution is -2.28. The number of hydrogen-bond acceptors (Lipinski definition) is 5. The Labute approximate surface area is 76.5 Å². The fourth-order valence-electron chi connectivity index (χ4n) is 1.05. The molecular formula is C7H14N4S. The molecule has 1 heterocycles. The Bertz CT molecular complexity index is 199. The van der Waals surface area contributed by atoms with Crippen LogP contribution in [-0.2, 0) is 0 Å². The van der Waals surface area contributed by atoms with Crippen LogP contribution in [0.5, 0.6) is 0 Å². The van der Waals surface area contributed by atoms with Crippen LogP contribution < -0.4 is 11.3 Å². The molecule has 1 unspecified atom stereocenters. The smallest absolute Gasteiger partial charge is 0.0925 e. The average molecular weight is 186 g/mol. The molecule has 5 heteroatoms. The second-order valence-electron chi connectivity index (χ2n) is 2.69. The topological polar surface area (TPSA) is 63.8 Å². The van der Waals surface area contributed by atoms with Gasteiger partial charge < -0.3 is 0 Å². The van der Waals surface area contributed by atoms with Crippen LogP contribution in [0.3, 0.4) is 0 Å². The maximum absolute atomic E-state index is 5.39. The SMILES string of the molecule is CCCCC(NN)c1cnsn1. The number of hydrazine groups is 1. The van der Waals surface area contributed by atoms with Crippen LogP contribution in [0.15, 0.2) is 6.20 Å². The Morgan fingerprint density at radius 3 is 3.08 bits per heavy atom. The molecule has 0 fully saturated rings. The Kier molecular flexibility index (Phi) is 4.13. The number of nitrogens with two attached hydrogens (primary N) is 1. The molecule has 0 saturated heterocycles. The normalized spacial score (nSPS) is 13.2. The van der Waals surface area contributed by atoms with Crippen molar-refractivity contribution in [1.29, 1.82) is 0 Å². The molecule has 1 atom stereocenters. The van der Waals surface area contributed by atoms with Crippen molar-refractivity contribution in [2.75, 3.05) is 0 Å². The minimum Gasteiger partial charge on any atom is -0.271 e. The van der Waals surface area contributed by atoms with Crippen LogP contribution in [0.4, 0.5) is 0 Å². The number of hydrogen-bond donors (Lipinski definition) is 2. The van der Waals surface area contributed by atoms with Crippen LogP contribution in [-0.4, -0.2) is 8.75 Å². The summed E-state index contributed by atoms with van der Waals surface area (Å²) >= 11 is 1.22. The molecule has 0 aromatic carbocycles. The predicted octanol–water partition coefficient (Wildman–Crippen LogP) is 1.23. The van der Waals surface area contributed by atoms with Crippen molar-refractivity contribution in [1.82, 2.24) is 14.2 Å². The lowest BCUT2D eigenvalue weighted by molar-refractivity contribution is 0.487. The molecule has 0 aliphatic rings. The second-order valence-corrected chi connectivity index (χ2v) is 3.25. The zero-order valence-electron chi connectivity index (χ0n) is 7.16. The summed E-state index contributed by atoms with van der Waals surface area (Å²) in [7, 11) is 0. The molecule has 68 valence electrons. The van der Waals surface area contributed by atoms with Crippen molar-refractivity contribution >= 4 is 11.7 Å². The van der Waals surface area contributed by atoms with E-state index >= 15 is 0 Å². The van der Waals surface area contributed by atoms with Crippen LogP contribution >= 0.6 is 11.7 Å². The molecule has 1 aromatic heterocycles. The van der Waals surface area contributed by atoms with E-state index in [1.54, 1.807) is 6.20 Å². The average Bonchev–Trinajstić information content (AvgIpc) is 2.59. The van der Waals surface area contributed by atoms with E-state index in [4.69, 9.17) is 5.84 Å². The van der Waals surface area contributed by atoms with Crippen LogP contribution in [0.25, 0.3) is 0 Å². The number of aromatic nitrogens is 2. The summed E-state index contributed by atoms with van der Waals surface area (Å²) in [5.74, 6) is 5.39. The second kappa shape index (κ2) is 5.18. The van der Waals surface area contributed by atoms with E-state index in [9.17, 15) is 0 Å². The molecule has 12 heavy (non-hydrogen) atoms. The maximum atomic E-state index is 5.39. The quantitative estimate of drug-likeness (QED) is 0.536. The molecule has 3 N–H and O–H groups in total. The van der Waals surface area contributed by atoms with Gasteiger partial charge in [-0.25, -0.2) is 0 Å². The fourth-order valence-corrected chi connectivity index (χ4v) is 1.52. The summed E-state index contributed by atoms with van der Waals surface area (Å²) in [6.07, 6.45) is 5.13. The van der Waals surface area contributed by atoms with E-state index in [2.05, 4.69) is 21.1 Å². The Morgan fingerprint density at radius 2 is 2.58 bits per heavy atom. The van der Waals surface area contributed by atoms with Gasteiger partial charge in [0.1, 0.15) is 0 Å². The highest BCUT2D eigenvalue weighted by Crippen LogP contribution is 2.15. The maximum Gasteiger partial charge on any atom is 0.0925 e. The highest BCUT2D eigenvalue weighted by atomic mass is 32.1. The van der Waals surface area contributed by atoms with E-state index in [0.29, 0.717) is 0 Å². The van der Waals surface area contributed by atoms with Gasteiger partial charge in [0.05, 0.1) is 29.7 Å². The number of rotatable bonds is 5. The molecule has 4 nitrogen and oxygen atoms in total. The Morgan fingerprint density at radius 1 is 1.75 bits per heavy atom. The van der Waals surface area contributed by atoms with Gasteiger partial charge in [-0.1, -0.05) is 19.8 Å². The van der Waals surface area contributed by atoms with Crippen molar-refractivity contribution in [3.05, 3.63) is 11.9 Å². The molecule has 0 spiro atoms. The Hall–Kier alpha value is -0.520. The van der Waals surface area contributed by atoms with Crippen molar-refractivity contribution < 1.29 is 0 Å². The van der Waals surface area contributed by atoms with E-state index in [1.807, 2.05) is 0 Å². The lowest BCUT2D eigenvalue weighted by atomic mass is 10.1. The largest absolute Gasteiger partial charge is 0.271 e. The summed E-state index contributed by atoms with van der Waals surface area (Å²) in [6.45, 7) is 2.16. The first-order valence-electron chi connectivity index (χ1n) is 4.12. The predicted molar refractivity (Wildman–Crippen MR) is 49.5 cm³/mol. The van der Waals surface area contributed by atoms with Crippen LogP contribution in [0.1, 0.15) is 37.9 Å². The van der Waals surface area contributed by atoms with Gasteiger partial charge in [-0.2, -0.15) is 8.75 Å². The van der Waals surface area contributed by atoms with Crippen molar-refractivity contribution in [2.24, 2.45) is 5.84 Å². The molecule has 0 radical (unpaired) electrons. The Balaban J connectivity index is 2.45. The van der Waals surface area contributed by atoms with E-state index in [0.717, 1.165) is 18.5 Å². The first-order chi connectivity index (χ1) is 5.88. The standard InChI is InChI=1S/C7H14N4S/c1-2-3-4-6(10-8)7-5-9-12-11-7/h5-6,10H,2-4,8H2,1H3. The molecule has 0 amide bonds. The third-order valence-electron chi connectivity index (χ3n) is 1.78. The monoisotopic (exact) mass is 186 g/mol. The molecule has 1 aromatic rings. The summed E-state index contributed by atoms with van der Waals surface area (Å²) < 4.78 is 8.06. The van der Waals surface area contributed by atoms with Crippen molar-refractivity contribution in [3.8, 4) is 0 Å². The zero-order valence-corrected chi connectivity index (χ0v) is 7.97. The van der Waals surface area contributed by atoms with Crippen LogP contribution in [0.2, 0.25) is 0 Å². The van der Waals surface area contributed by atoms with Gasteiger partial charge in [-0.15, -0.1) is 0 Å². The minimum atomic E-state index is 0.170. The minimum absolute atomic E-state index is 0.170. The van der Waals surface area contributed by atoms with Gasteiger partial charge in [0.25, 0.3) is 0 Å². The van der Waals surface area contributed by atoms with Crippen LogP contribution in [0, 0.1) is 0 Å². The zero-order chi connectivity index (χ0) is 8.81. The summed E-state index contributed by atoms with van der Waals surface area (Å²) in [5, 5.41) is 0. The molecule has 0 saturated carbocycles. The van der Waals surface area contributed by atoms with Gasteiger partial charge in [-0.3, -0.25) is 11.3 Å². The van der Waals surface area contributed by atoms with Crippen molar-refractivity contribution in [2.45, 2.75) is 32.2 Å². The third kappa shape index (κ3) is 2.51. The van der Waals surface area contributed by atoms with E-state index in [-0.39, 0.29) is 6.04 Å². The molecular weight excluding hydrogens is 172 g/mol. The lowest BCUT2D eigenvalue weighted by Gasteiger charge is -2.11. The highest BCUT2D eigenvalue weighted by molar-refractivity contribution is 6.99. The summed E-state index contributed by atoms with van der Waals surface area (Å²) in [5.41, 5.74) is 3.70. The first-order valence-corrected chi connectivity index (χ1v) is 4.85. The molecule has 1 rings (SSSR count). The van der Waals surface area contributed by atoms with E-state index in [1.165, 1.54) is 18.1 Å². The molecule has 0 aliphatic heterocycles. The summed E-state index contributed by atoms with van der Waals surface area (Å²) in [4.78, 5) is 0. The third-order valence-corrected chi connectivity index (χ3v) is 2.28. The molecule has 0 aliphatic carbocycles. The summed E-state index contributed by atoms with van der Waals surface area (Å²) in [6, 6.07) is 0.170. The van der Waals surface area contributed by atoms with Gasteiger partial charge in [0.15, 0.2) is 0 Å². The first kappa shape index (κ1) is 9.57. The van der Waals surface area contributed by atoms with Gasteiger partial charge in [-0.05, 0) is 6.42 Å². The van der Waals surface area contributed by atoms with Crippen molar-refractivity contribution in [3.63, 3.8) is 0 Å². The van der Waals surface area contributed by atoms with Gasteiger partial charge in [0, 0.05) is 0 Å². The number of nitrogens with zero attached hydrogens (tertiary/aromatic N) is 2.